The van der Waals surface area contributed by atoms with E-state index in [2.05, 4.69) is 20.5 Å². The number of anilines is 1. The van der Waals surface area contributed by atoms with Crippen molar-refractivity contribution in [3.63, 3.8) is 0 Å². The number of hydrogen-bond acceptors (Lipinski definition) is 4. The number of amides is 1. The van der Waals surface area contributed by atoms with E-state index >= 15 is 0 Å². The number of halogens is 3. The molecule has 6 nitrogen and oxygen atoms in total. The Hall–Kier alpha value is -3.69. The van der Waals surface area contributed by atoms with Crippen LogP contribution in [0.1, 0.15) is 0 Å². The highest BCUT2D eigenvalue weighted by Gasteiger charge is 2.20. The van der Waals surface area contributed by atoms with Crippen LogP contribution in [0.5, 0.6) is 0 Å². The third-order valence-corrected chi connectivity index (χ3v) is 6.29. The lowest BCUT2D eigenvalue weighted by molar-refractivity contribution is -0.113. The molecule has 0 saturated heterocycles. The monoisotopic (exact) mass is 495 g/mol. The van der Waals surface area contributed by atoms with Crippen molar-refractivity contribution in [1.82, 2.24) is 19.7 Å². The van der Waals surface area contributed by atoms with E-state index in [1.165, 1.54) is 6.07 Å². The molecule has 3 aromatic carbocycles. The fraction of sp³-hybridized carbons (Fsp3) is 0.0417. The van der Waals surface area contributed by atoms with E-state index in [-0.39, 0.29) is 5.75 Å². The quantitative estimate of drug-likeness (QED) is 0.280. The number of carbonyl (C=O) groups is 1. The van der Waals surface area contributed by atoms with Crippen LogP contribution in [0, 0.1) is 11.6 Å². The number of fused-ring (bicyclic) bond motifs is 1. The maximum atomic E-state index is 13.9. The number of nitrogens with one attached hydrogen (secondary N) is 2. The van der Waals surface area contributed by atoms with E-state index < -0.39 is 23.2 Å². The zero-order valence-electron chi connectivity index (χ0n) is 17.4. The molecule has 10 heteroatoms. The normalized spacial score (nSPS) is 11.1. The van der Waals surface area contributed by atoms with Crippen LogP contribution in [0.2, 0.25) is 5.02 Å². The highest BCUT2D eigenvalue weighted by atomic mass is 35.5. The maximum absolute atomic E-state index is 13.9. The average molecular weight is 496 g/mol. The SMILES string of the molecule is O=C(CSc1nnc(-c2c[nH]c3ccccc23)n1-c1ccc(Cl)cc1)Nc1c(F)cccc1F. The lowest BCUT2D eigenvalue weighted by Crippen LogP contribution is -2.16. The van der Waals surface area contributed by atoms with Crippen molar-refractivity contribution in [3.05, 3.63) is 89.6 Å². The Balaban J connectivity index is 1.48. The highest BCUT2D eigenvalue weighted by molar-refractivity contribution is 7.99. The molecule has 0 radical (unpaired) electrons. The van der Waals surface area contributed by atoms with Crippen molar-refractivity contribution in [1.29, 1.82) is 0 Å². The second-order valence-corrected chi connectivity index (χ2v) is 8.68. The zero-order valence-corrected chi connectivity index (χ0v) is 19.0. The second kappa shape index (κ2) is 9.28. The molecule has 0 unspecified atom stereocenters. The van der Waals surface area contributed by atoms with Gasteiger partial charge in [-0.25, -0.2) is 8.78 Å². The third-order valence-electron chi connectivity index (χ3n) is 5.11. The molecular weight excluding hydrogens is 480 g/mol. The van der Waals surface area contributed by atoms with Gasteiger partial charge < -0.3 is 10.3 Å². The van der Waals surface area contributed by atoms with Gasteiger partial charge in [-0.1, -0.05) is 47.6 Å². The Kier molecular flexibility index (Phi) is 6.04. The van der Waals surface area contributed by atoms with Crippen molar-refractivity contribution in [2.24, 2.45) is 0 Å². The van der Waals surface area contributed by atoms with Crippen LogP contribution < -0.4 is 5.32 Å². The molecule has 0 spiro atoms. The summed E-state index contributed by atoms with van der Waals surface area (Å²) in [7, 11) is 0. The van der Waals surface area contributed by atoms with Crippen LogP contribution in [0.15, 0.2) is 78.1 Å². The summed E-state index contributed by atoms with van der Waals surface area (Å²) in [5, 5.41) is 12.9. The lowest BCUT2D eigenvalue weighted by Gasteiger charge is -2.11. The van der Waals surface area contributed by atoms with Gasteiger partial charge in [0.05, 0.1) is 5.75 Å². The van der Waals surface area contributed by atoms with Crippen LogP contribution in [-0.2, 0) is 4.79 Å². The van der Waals surface area contributed by atoms with Crippen LogP contribution in [0.3, 0.4) is 0 Å². The van der Waals surface area contributed by atoms with Crippen molar-refractivity contribution in [2.45, 2.75) is 5.16 Å². The fourth-order valence-corrected chi connectivity index (χ4v) is 4.42. The van der Waals surface area contributed by atoms with Crippen molar-refractivity contribution in [3.8, 4) is 17.1 Å². The predicted molar refractivity (Wildman–Crippen MR) is 129 cm³/mol. The standard InChI is InChI=1S/C24H16ClF2N5OS/c25-14-8-10-15(11-9-14)32-23(17-12-28-20-7-2-1-4-16(17)20)30-31-24(32)34-13-21(33)29-22-18(26)5-3-6-19(22)27/h1-12,28H,13H2,(H,29,33). The maximum Gasteiger partial charge on any atom is 0.235 e. The highest BCUT2D eigenvalue weighted by Crippen LogP contribution is 2.33. The van der Waals surface area contributed by atoms with Gasteiger partial charge in [-0.2, -0.15) is 0 Å². The minimum atomic E-state index is -0.843. The summed E-state index contributed by atoms with van der Waals surface area (Å²) in [5.41, 5.74) is 2.05. The molecule has 2 aromatic heterocycles. The Morgan fingerprint density at radius 1 is 1.00 bits per heavy atom. The van der Waals surface area contributed by atoms with Crippen molar-refractivity contribution in [2.75, 3.05) is 11.1 Å². The minimum absolute atomic E-state index is 0.132. The van der Waals surface area contributed by atoms with Crippen LogP contribution >= 0.6 is 23.4 Å². The number of hydrogen-bond donors (Lipinski definition) is 2. The van der Waals surface area contributed by atoms with Gasteiger partial charge in [0.1, 0.15) is 17.3 Å². The van der Waals surface area contributed by atoms with E-state index in [4.69, 9.17) is 11.6 Å². The number of aromatic nitrogens is 4. The van der Waals surface area contributed by atoms with E-state index in [9.17, 15) is 13.6 Å². The summed E-state index contributed by atoms with van der Waals surface area (Å²) in [5.74, 6) is -1.82. The Bertz CT molecular complexity index is 1480. The smallest absolute Gasteiger partial charge is 0.235 e. The molecule has 0 aliphatic rings. The molecule has 0 aliphatic heterocycles. The number of rotatable bonds is 6. The van der Waals surface area contributed by atoms with E-state index in [0.717, 1.165) is 46.0 Å². The number of H-pyrrole nitrogens is 1. The number of benzene rings is 3. The molecule has 5 rings (SSSR count). The summed E-state index contributed by atoms with van der Waals surface area (Å²) < 4.78 is 29.6. The van der Waals surface area contributed by atoms with E-state index in [1.54, 1.807) is 12.1 Å². The number of para-hydroxylation sites is 2. The van der Waals surface area contributed by atoms with Gasteiger partial charge in [0.15, 0.2) is 11.0 Å². The first-order valence-electron chi connectivity index (χ1n) is 10.2. The number of thioether (sulfide) groups is 1. The summed E-state index contributed by atoms with van der Waals surface area (Å²) in [6.07, 6.45) is 1.85. The zero-order chi connectivity index (χ0) is 23.7. The molecule has 1 amide bonds. The minimum Gasteiger partial charge on any atom is -0.360 e. The van der Waals surface area contributed by atoms with Gasteiger partial charge in [0, 0.05) is 33.4 Å². The molecule has 0 bridgehead atoms. The van der Waals surface area contributed by atoms with Crippen LogP contribution in [-0.4, -0.2) is 31.4 Å². The Morgan fingerprint density at radius 2 is 1.74 bits per heavy atom. The molecule has 34 heavy (non-hydrogen) atoms. The van der Waals surface area contributed by atoms with Gasteiger partial charge in [-0.15, -0.1) is 10.2 Å². The topological polar surface area (TPSA) is 75.6 Å². The lowest BCUT2D eigenvalue weighted by atomic mass is 10.1. The molecule has 170 valence electrons. The first kappa shape index (κ1) is 22.1. The van der Waals surface area contributed by atoms with Gasteiger partial charge in [0.2, 0.25) is 5.91 Å². The summed E-state index contributed by atoms with van der Waals surface area (Å²) in [4.78, 5) is 15.7. The molecule has 2 heterocycles. The first-order valence-corrected chi connectivity index (χ1v) is 11.5. The second-order valence-electron chi connectivity index (χ2n) is 7.30. The first-order chi connectivity index (χ1) is 16.5. The van der Waals surface area contributed by atoms with Gasteiger partial charge in [-0.3, -0.25) is 9.36 Å². The molecule has 2 N–H and O–H groups in total. The molecule has 5 aromatic rings. The Labute approximate surface area is 202 Å². The fourth-order valence-electron chi connectivity index (χ4n) is 3.54. The number of aromatic amines is 1. The van der Waals surface area contributed by atoms with Crippen molar-refractivity contribution < 1.29 is 13.6 Å². The molecular formula is C24H16ClF2N5OS. The van der Waals surface area contributed by atoms with Gasteiger partial charge in [0.25, 0.3) is 0 Å². The summed E-state index contributed by atoms with van der Waals surface area (Å²) in [6, 6.07) is 18.3. The molecule has 0 saturated carbocycles. The largest absolute Gasteiger partial charge is 0.360 e. The molecule has 0 fully saturated rings. The van der Waals surface area contributed by atoms with Crippen LogP contribution in [0.4, 0.5) is 14.5 Å². The van der Waals surface area contributed by atoms with E-state index in [1.807, 2.05) is 47.2 Å². The van der Waals surface area contributed by atoms with Gasteiger partial charge in [-0.05, 0) is 42.5 Å². The molecule has 0 atom stereocenters. The van der Waals surface area contributed by atoms with Crippen molar-refractivity contribution >= 4 is 45.9 Å². The number of nitrogens with zero attached hydrogens (tertiary/aromatic N) is 3. The molecule has 0 aliphatic carbocycles. The van der Waals surface area contributed by atoms with E-state index in [0.29, 0.717) is 16.0 Å². The predicted octanol–water partition coefficient (Wildman–Crippen LogP) is 6.08. The van der Waals surface area contributed by atoms with Crippen LogP contribution in [0.25, 0.3) is 28.0 Å². The summed E-state index contributed by atoms with van der Waals surface area (Å²) in [6.45, 7) is 0. The van der Waals surface area contributed by atoms with Gasteiger partial charge >= 0.3 is 0 Å². The number of carbonyl (C=O) groups excluding carboxylic acids is 1. The summed E-state index contributed by atoms with van der Waals surface area (Å²) >= 11 is 7.17. The average Bonchev–Trinajstić information content (AvgIpc) is 3.45. The Morgan fingerprint density at radius 3 is 2.50 bits per heavy atom. The third kappa shape index (κ3) is 4.27.